The van der Waals surface area contributed by atoms with E-state index in [1.54, 1.807) is 0 Å². The first-order chi connectivity index (χ1) is 7.54. The number of benzene rings is 1. The molecular weight excluding hydrogens is 268 g/mol. The highest BCUT2D eigenvalue weighted by Gasteiger charge is 2.26. The van der Waals surface area contributed by atoms with Gasteiger partial charge in [-0.25, -0.2) is 0 Å². The lowest BCUT2D eigenvalue weighted by atomic mass is 10.2. The SMILES string of the molecule is CC1CC(=O)N(Cc2cc(N)cc(Br)c2)C1. The minimum atomic E-state index is 0.242. The molecule has 1 fully saturated rings. The van der Waals surface area contributed by atoms with Gasteiger partial charge in [-0.2, -0.15) is 0 Å². The maximum atomic E-state index is 11.6. The zero-order valence-electron chi connectivity index (χ0n) is 9.24. The number of halogens is 1. The molecule has 0 spiro atoms. The lowest BCUT2D eigenvalue weighted by Crippen LogP contribution is -2.24. The molecule has 1 aromatic rings. The first-order valence-electron chi connectivity index (χ1n) is 5.37. The van der Waals surface area contributed by atoms with Gasteiger partial charge in [0.25, 0.3) is 0 Å². The molecule has 1 atom stereocenters. The molecule has 1 amide bonds. The third-order valence-electron chi connectivity index (χ3n) is 2.76. The van der Waals surface area contributed by atoms with Gasteiger partial charge in [0, 0.05) is 29.7 Å². The largest absolute Gasteiger partial charge is 0.399 e. The highest BCUT2D eigenvalue weighted by atomic mass is 79.9. The van der Waals surface area contributed by atoms with Crippen LogP contribution in [-0.4, -0.2) is 17.4 Å². The fourth-order valence-corrected chi connectivity index (χ4v) is 2.67. The summed E-state index contributed by atoms with van der Waals surface area (Å²) in [6.45, 7) is 3.62. The fraction of sp³-hybridized carbons (Fsp3) is 0.417. The van der Waals surface area contributed by atoms with Crippen LogP contribution in [0.1, 0.15) is 18.9 Å². The minimum Gasteiger partial charge on any atom is -0.399 e. The van der Waals surface area contributed by atoms with E-state index in [-0.39, 0.29) is 5.91 Å². The van der Waals surface area contributed by atoms with Crippen LogP contribution in [0, 0.1) is 5.92 Å². The van der Waals surface area contributed by atoms with Crippen LogP contribution in [0.2, 0.25) is 0 Å². The Morgan fingerprint density at radius 1 is 1.50 bits per heavy atom. The van der Waals surface area contributed by atoms with Crippen LogP contribution in [0.5, 0.6) is 0 Å². The number of likely N-dealkylation sites (tertiary alicyclic amines) is 1. The molecule has 1 unspecified atom stereocenters. The van der Waals surface area contributed by atoms with Crippen molar-refractivity contribution in [1.29, 1.82) is 0 Å². The second kappa shape index (κ2) is 4.45. The van der Waals surface area contributed by atoms with Crippen molar-refractivity contribution in [2.75, 3.05) is 12.3 Å². The van der Waals surface area contributed by atoms with Gasteiger partial charge in [0.15, 0.2) is 0 Å². The Balaban J connectivity index is 2.12. The molecule has 0 radical (unpaired) electrons. The Labute approximate surface area is 104 Å². The molecule has 1 heterocycles. The van der Waals surface area contributed by atoms with Crippen molar-refractivity contribution < 1.29 is 4.79 Å². The molecule has 2 rings (SSSR count). The number of nitrogens with zero attached hydrogens (tertiary/aromatic N) is 1. The van der Waals surface area contributed by atoms with E-state index in [4.69, 9.17) is 5.73 Å². The van der Waals surface area contributed by atoms with Gasteiger partial charge in [-0.05, 0) is 29.7 Å². The van der Waals surface area contributed by atoms with E-state index in [9.17, 15) is 4.79 Å². The lowest BCUT2D eigenvalue weighted by molar-refractivity contribution is -0.128. The molecule has 0 aliphatic carbocycles. The number of anilines is 1. The summed E-state index contributed by atoms with van der Waals surface area (Å²) in [6.07, 6.45) is 0.670. The first kappa shape index (κ1) is 11.5. The molecule has 0 saturated carbocycles. The van der Waals surface area contributed by atoms with Gasteiger partial charge in [0.05, 0.1) is 0 Å². The smallest absolute Gasteiger partial charge is 0.223 e. The Kier molecular flexibility index (Phi) is 3.19. The van der Waals surface area contributed by atoms with Crippen molar-refractivity contribution in [3.63, 3.8) is 0 Å². The predicted octanol–water partition coefficient (Wildman–Crippen LogP) is 2.40. The molecule has 3 nitrogen and oxygen atoms in total. The molecule has 1 aliphatic heterocycles. The Morgan fingerprint density at radius 3 is 2.81 bits per heavy atom. The number of rotatable bonds is 2. The van der Waals surface area contributed by atoms with Crippen LogP contribution < -0.4 is 5.73 Å². The first-order valence-corrected chi connectivity index (χ1v) is 6.16. The summed E-state index contributed by atoms with van der Waals surface area (Å²) in [4.78, 5) is 13.5. The average Bonchev–Trinajstić information content (AvgIpc) is 2.43. The molecule has 4 heteroatoms. The molecule has 1 aromatic carbocycles. The van der Waals surface area contributed by atoms with Crippen LogP contribution in [0.25, 0.3) is 0 Å². The molecule has 86 valence electrons. The van der Waals surface area contributed by atoms with Crippen molar-refractivity contribution >= 4 is 27.5 Å². The number of nitrogens with two attached hydrogens (primary N) is 1. The third kappa shape index (κ3) is 2.55. The van der Waals surface area contributed by atoms with Gasteiger partial charge in [-0.15, -0.1) is 0 Å². The topological polar surface area (TPSA) is 46.3 Å². The Hall–Kier alpha value is -1.03. The maximum absolute atomic E-state index is 11.6. The van der Waals surface area contributed by atoms with Gasteiger partial charge in [0.1, 0.15) is 0 Å². The second-order valence-corrected chi connectivity index (χ2v) is 5.39. The van der Waals surface area contributed by atoms with E-state index in [0.717, 1.165) is 22.3 Å². The summed E-state index contributed by atoms with van der Waals surface area (Å²) in [5, 5.41) is 0. The Bertz CT molecular complexity index is 399. The van der Waals surface area contributed by atoms with Crippen molar-refractivity contribution in [1.82, 2.24) is 4.90 Å². The van der Waals surface area contributed by atoms with Crippen molar-refractivity contribution in [2.45, 2.75) is 19.9 Å². The van der Waals surface area contributed by atoms with Crippen LogP contribution in [0.3, 0.4) is 0 Å². The zero-order valence-corrected chi connectivity index (χ0v) is 10.8. The normalized spacial score (nSPS) is 20.5. The van der Waals surface area contributed by atoms with E-state index in [2.05, 4.69) is 22.9 Å². The molecule has 1 aliphatic rings. The highest BCUT2D eigenvalue weighted by Crippen LogP contribution is 2.22. The summed E-state index contributed by atoms with van der Waals surface area (Å²) in [5.74, 6) is 0.711. The summed E-state index contributed by atoms with van der Waals surface area (Å²) in [5.41, 5.74) is 7.57. The predicted molar refractivity (Wildman–Crippen MR) is 67.8 cm³/mol. The lowest BCUT2D eigenvalue weighted by Gasteiger charge is -2.16. The van der Waals surface area contributed by atoms with Crippen molar-refractivity contribution in [2.24, 2.45) is 5.92 Å². The molecule has 0 aromatic heterocycles. The number of hydrogen-bond acceptors (Lipinski definition) is 2. The molecule has 1 saturated heterocycles. The number of hydrogen-bond donors (Lipinski definition) is 1. The third-order valence-corrected chi connectivity index (χ3v) is 3.22. The number of amides is 1. The summed E-state index contributed by atoms with van der Waals surface area (Å²) < 4.78 is 0.960. The van der Waals surface area contributed by atoms with Crippen molar-refractivity contribution in [3.8, 4) is 0 Å². The molecule has 0 bridgehead atoms. The van der Waals surface area contributed by atoms with Gasteiger partial charge in [0.2, 0.25) is 5.91 Å². The molecule has 16 heavy (non-hydrogen) atoms. The van der Waals surface area contributed by atoms with Gasteiger partial charge in [-0.3, -0.25) is 4.79 Å². The average molecular weight is 283 g/mol. The van der Waals surface area contributed by atoms with Crippen LogP contribution >= 0.6 is 15.9 Å². The van der Waals surface area contributed by atoms with Crippen LogP contribution in [-0.2, 0) is 11.3 Å². The summed E-state index contributed by atoms with van der Waals surface area (Å²) >= 11 is 3.41. The molecule has 2 N–H and O–H groups in total. The summed E-state index contributed by atoms with van der Waals surface area (Å²) in [6, 6.07) is 5.78. The van der Waals surface area contributed by atoms with Gasteiger partial charge < -0.3 is 10.6 Å². The second-order valence-electron chi connectivity index (χ2n) is 4.48. The minimum absolute atomic E-state index is 0.242. The fourth-order valence-electron chi connectivity index (χ4n) is 2.11. The standard InChI is InChI=1S/C12H15BrN2O/c1-8-2-12(16)15(6-8)7-9-3-10(13)5-11(14)4-9/h3-5,8H,2,6-7,14H2,1H3. The molecular formula is C12H15BrN2O. The van der Waals surface area contributed by atoms with E-state index < -0.39 is 0 Å². The van der Waals surface area contributed by atoms with E-state index in [1.165, 1.54) is 0 Å². The van der Waals surface area contributed by atoms with Crippen molar-refractivity contribution in [3.05, 3.63) is 28.2 Å². The van der Waals surface area contributed by atoms with Crippen LogP contribution in [0.4, 0.5) is 5.69 Å². The monoisotopic (exact) mass is 282 g/mol. The summed E-state index contributed by atoms with van der Waals surface area (Å²) in [7, 11) is 0. The highest BCUT2D eigenvalue weighted by molar-refractivity contribution is 9.10. The maximum Gasteiger partial charge on any atom is 0.223 e. The quantitative estimate of drug-likeness (QED) is 0.847. The van der Waals surface area contributed by atoms with Gasteiger partial charge in [-0.1, -0.05) is 22.9 Å². The van der Waals surface area contributed by atoms with Gasteiger partial charge >= 0.3 is 0 Å². The zero-order chi connectivity index (χ0) is 11.7. The van der Waals surface area contributed by atoms with E-state index in [1.807, 2.05) is 23.1 Å². The number of carbonyl (C=O) groups is 1. The van der Waals surface area contributed by atoms with Crippen LogP contribution in [0.15, 0.2) is 22.7 Å². The van der Waals surface area contributed by atoms with E-state index in [0.29, 0.717) is 18.9 Å². The number of nitrogen functional groups attached to an aromatic ring is 1. The Morgan fingerprint density at radius 2 is 2.25 bits per heavy atom. The number of carbonyl (C=O) groups excluding carboxylic acids is 1. The van der Waals surface area contributed by atoms with E-state index >= 15 is 0 Å².